The van der Waals surface area contributed by atoms with E-state index in [9.17, 15) is 14.0 Å². The summed E-state index contributed by atoms with van der Waals surface area (Å²) in [5.74, 6) is -1.73. The standard InChI is InChI=1S/C20H17ClFN5O2/c21-15-6-2-5-13(16(15)22)9-26-20(29)12-4-1-3-11(7-12)8-14-10-25-18(23)17(27-14)19(24)28/h1-7,10H,8-9H2,(H2,23,25)(H2,24,28)(H,26,29). The minimum Gasteiger partial charge on any atom is -0.382 e. The molecule has 3 aromatic rings. The number of nitrogens with one attached hydrogen (secondary N) is 1. The van der Waals surface area contributed by atoms with Crippen molar-refractivity contribution >= 4 is 29.2 Å². The number of carbonyl (C=O) groups is 2. The quantitative estimate of drug-likeness (QED) is 0.572. The lowest BCUT2D eigenvalue weighted by molar-refractivity contribution is 0.0949. The van der Waals surface area contributed by atoms with Gasteiger partial charge in [-0.25, -0.2) is 14.4 Å². The van der Waals surface area contributed by atoms with Crippen molar-refractivity contribution in [3.63, 3.8) is 0 Å². The van der Waals surface area contributed by atoms with Crippen LogP contribution in [0.3, 0.4) is 0 Å². The summed E-state index contributed by atoms with van der Waals surface area (Å²) in [6, 6.07) is 11.4. The van der Waals surface area contributed by atoms with E-state index < -0.39 is 11.7 Å². The Morgan fingerprint density at radius 3 is 2.69 bits per heavy atom. The first-order valence-corrected chi connectivity index (χ1v) is 8.94. The van der Waals surface area contributed by atoms with Crippen molar-refractivity contribution in [3.05, 3.63) is 87.6 Å². The number of aromatic nitrogens is 2. The predicted molar refractivity (Wildman–Crippen MR) is 107 cm³/mol. The van der Waals surface area contributed by atoms with Crippen LogP contribution in [0.25, 0.3) is 0 Å². The molecule has 0 aliphatic heterocycles. The van der Waals surface area contributed by atoms with Crippen LogP contribution in [-0.4, -0.2) is 21.8 Å². The smallest absolute Gasteiger partial charge is 0.271 e. The average Bonchev–Trinajstić information content (AvgIpc) is 2.70. The van der Waals surface area contributed by atoms with E-state index in [0.717, 1.165) is 5.56 Å². The van der Waals surface area contributed by atoms with E-state index in [1.807, 2.05) is 0 Å². The highest BCUT2D eigenvalue weighted by Gasteiger charge is 2.13. The van der Waals surface area contributed by atoms with Gasteiger partial charge in [0.25, 0.3) is 11.8 Å². The van der Waals surface area contributed by atoms with Crippen molar-refractivity contribution in [1.29, 1.82) is 0 Å². The molecule has 0 atom stereocenters. The fourth-order valence-electron chi connectivity index (χ4n) is 2.70. The van der Waals surface area contributed by atoms with E-state index in [1.165, 1.54) is 12.3 Å². The summed E-state index contributed by atoms with van der Waals surface area (Å²) in [5, 5.41) is 2.66. The first kappa shape index (κ1) is 20.2. The molecule has 0 spiro atoms. The van der Waals surface area contributed by atoms with Gasteiger partial charge < -0.3 is 16.8 Å². The molecule has 0 aliphatic rings. The molecule has 0 bridgehead atoms. The molecule has 7 nitrogen and oxygen atoms in total. The molecule has 5 N–H and O–H groups in total. The summed E-state index contributed by atoms with van der Waals surface area (Å²) in [6.07, 6.45) is 1.76. The van der Waals surface area contributed by atoms with Crippen LogP contribution in [-0.2, 0) is 13.0 Å². The van der Waals surface area contributed by atoms with E-state index in [-0.39, 0.29) is 34.5 Å². The molecule has 3 rings (SSSR count). The summed E-state index contributed by atoms with van der Waals surface area (Å²) in [4.78, 5) is 31.8. The zero-order valence-electron chi connectivity index (χ0n) is 15.2. The summed E-state index contributed by atoms with van der Waals surface area (Å²) < 4.78 is 13.9. The molecule has 2 aromatic carbocycles. The van der Waals surface area contributed by atoms with Crippen molar-refractivity contribution in [2.75, 3.05) is 5.73 Å². The third kappa shape index (κ3) is 4.85. The van der Waals surface area contributed by atoms with Gasteiger partial charge in [0.15, 0.2) is 11.5 Å². The number of carbonyl (C=O) groups excluding carboxylic acids is 2. The third-order valence-corrected chi connectivity index (χ3v) is 4.42. The van der Waals surface area contributed by atoms with Crippen molar-refractivity contribution in [1.82, 2.24) is 15.3 Å². The van der Waals surface area contributed by atoms with Crippen LogP contribution in [0.15, 0.2) is 48.7 Å². The number of rotatable bonds is 6. The van der Waals surface area contributed by atoms with Gasteiger partial charge in [0.05, 0.1) is 16.9 Å². The van der Waals surface area contributed by atoms with Gasteiger partial charge in [0.2, 0.25) is 0 Å². The van der Waals surface area contributed by atoms with Gasteiger partial charge in [0.1, 0.15) is 5.82 Å². The summed E-state index contributed by atoms with van der Waals surface area (Å²) in [5.41, 5.74) is 12.6. The SMILES string of the molecule is NC(=O)c1nc(Cc2cccc(C(=O)NCc3cccc(Cl)c3F)c2)cnc1N. The van der Waals surface area contributed by atoms with E-state index >= 15 is 0 Å². The molecular formula is C20H17ClFN5O2. The molecule has 2 amide bonds. The Balaban J connectivity index is 1.72. The van der Waals surface area contributed by atoms with E-state index in [2.05, 4.69) is 15.3 Å². The number of anilines is 1. The van der Waals surface area contributed by atoms with Crippen molar-refractivity contribution < 1.29 is 14.0 Å². The number of primary amides is 1. The Hall–Kier alpha value is -3.52. The number of hydrogen-bond donors (Lipinski definition) is 3. The highest BCUT2D eigenvalue weighted by atomic mass is 35.5. The Morgan fingerprint density at radius 2 is 1.93 bits per heavy atom. The zero-order chi connectivity index (χ0) is 21.0. The maximum absolute atomic E-state index is 13.9. The van der Waals surface area contributed by atoms with E-state index in [0.29, 0.717) is 17.7 Å². The van der Waals surface area contributed by atoms with Crippen molar-refractivity contribution in [2.45, 2.75) is 13.0 Å². The topological polar surface area (TPSA) is 124 Å². The van der Waals surface area contributed by atoms with Crippen LogP contribution in [0.2, 0.25) is 5.02 Å². The molecular weight excluding hydrogens is 397 g/mol. The maximum Gasteiger partial charge on any atom is 0.271 e. The number of nitrogens with zero attached hydrogens (tertiary/aromatic N) is 2. The lowest BCUT2D eigenvalue weighted by atomic mass is 10.1. The fourth-order valence-corrected chi connectivity index (χ4v) is 2.89. The second kappa shape index (κ2) is 8.66. The number of nitrogen functional groups attached to an aromatic ring is 1. The van der Waals surface area contributed by atoms with E-state index in [4.69, 9.17) is 23.1 Å². The van der Waals surface area contributed by atoms with Gasteiger partial charge in [-0.15, -0.1) is 0 Å². The van der Waals surface area contributed by atoms with Gasteiger partial charge in [0, 0.05) is 24.1 Å². The summed E-state index contributed by atoms with van der Waals surface area (Å²) >= 11 is 5.75. The molecule has 148 valence electrons. The Labute approximate surface area is 170 Å². The lowest BCUT2D eigenvalue weighted by Crippen LogP contribution is -2.23. The highest BCUT2D eigenvalue weighted by molar-refractivity contribution is 6.30. The van der Waals surface area contributed by atoms with Gasteiger partial charge in [-0.2, -0.15) is 0 Å². The molecule has 29 heavy (non-hydrogen) atoms. The van der Waals surface area contributed by atoms with E-state index in [1.54, 1.807) is 36.4 Å². The van der Waals surface area contributed by atoms with Gasteiger partial charge >= 0.3 is 0 Å². The Morgan fingerprint density at radius 1 is 1.17 bits per heavy atom. The third-order valence-electron chi connectivity index (χ3n) is 4.13. The number of nitrogens with two attached hydrogens (primary N) is 2. The fraction of sp³-hybridized carbons (Fsp3) is 0.100. The van der Waals surface area contributed by atoms with Gasteiger partial charge in [-0.05, 0) is 23.8 Å². The molecule has 0 fully saturated rings. The number of halogens is 2. The highest BCUT2D eigenvalue weighted by Crippen LogP contribution is 2.18. The van der Waals surface area contributed by atoms with Crippen LogP contribution >= 0.6 is 11.6 Å². The summed E-state index contributed by atoms with van der Waals surface area (Å²) in [7, 11) is 0. The molecule has 1 aromatic heterocycles. The predicted octanol–water partition coefficient (Wildman–Crippen LogP) is 2.47. The Kier molecular flexibility index (Phi) is 6.04. The normalized spacial score (nSPS) is 10.6. The van der Waals surface area contributed by atoms with Crippen molar-refractivity contribution in [2.24, 2.45) is 5.73 Å². The van der Waals surface area contributed by atoms with Crippen LogP contribution < -0.4 is 16.8 Å². The summed E-state index contributed by atoms with van der Waals surface area (Å²) in [6.45, 7) is 0.000857. The first-order valence-electron chi connectivity index (χ1n) is 8.56. The second-order valence-electron chi connectivity index (χ2n) is 6.23. The maximum atomic E-state index is 13.9. The van der Waals surface area contributed by atoms with Crippen LogP contribution in [0.4, 0.5) is 10.2 Å². The number of amides is 2. The second-order valence-corrected chi connectivity index (χ2v) is 6.64. The molecule has 0 saturated carbocycles. The molecule has 0 radical (unpaired) electrons. The van der Waals surface area contributed by atoms with Crippen LogP contribution in [0.1, 0.15) is 37.7 Å². The number of hydrogen-bond acceptors (Lipinski definition) is 5. The van der Waals surface area contributed by atoms with Gasteiger partial charge in [-0.3, -0.25) is 9.59 Å². The number of benzene rings is 2. The minimum atomic E-state index is -0.766. The molecule has 0 aliphatic carbocycles. The van der Waals surface area contributed by atoms with Gasteiger partial charge in [-0.1, -0.05) is 35.9 Å². The zero-order valence-corrected chi connectivity index (χ0v) is 15.9. The molecule has 0 saturated heterocycles. The largest absolute Gasteiger partial charge is 0.382 e. The molecule has 9 heteroatoms. The first-order chi connectivity index (χ1) is 13.8. The monoisotopic (exact) mass is 413 g/mol. The Bertz CT molecular complexity index is 1090. The average molecular weight is 414 g/mol. The lowest BCUT2D eigenvalue weighted by Gasteiger charge is -2.09. The van der Waals surface area contributed by atoms with Crippen LogP contribution in [0.5, 0.6) is 0 Å². The van der Waals surface area contributed by atoms with Crippen LogP contribution in [0, 0.1) is 5.82 Å². The molecule has 1 heterocycles. The minimum absolute atomic E-state index is 0.000857. The molecule has 0 unspecified atom stereocenters. The van der Waals surface area contributed by atoms with Crippen molar-refractivity contribution in [3.8, 4) is 0 Å².